The highest BCUT2D eigenvalue weighted by atomic mass is 32.2. The molecule has 7 atom stereocenters. The van der Waals surface area contributed by atoms with E-state index in [-0.39, 0.29) is 56.6 Å². The van der Waals surface area contributed by atoms with Crippen molar-refractivity contribution in [2.45, 2.75) is 79.1 Å². The van der Waals surface area contributed by atoms with Crippen LogP contribution >= 0.6 is 35.3 Å². The highest BCUT2D eigenvalue weighted by Crippen LogP contribution is 2.48. The van der Waals surface area contributed by atoms with Crippen LogP contribution in [0.4, 0.5) is 45.5 Å². The lowest BCUT2D eigenvalue weighted by atomic mass is 10.0. The van der Waals surface area contributed by atoms with Crippen molar-refractivity contribution in [3.8, 4) is 0 Å². The number of nitrogens with one attached hydrogen (secondary N) is 1. The van der Waals surface area contributed by atoms with Crippen LogP contribution in [0.2, 0.25) is 0 Å². The Morgan fingerprint density at radius 2 is 1.14 bits per heavy atom. The number of thioether (sulfide) groups is 2. The van der Waals surface area contributed by atoms with Crippen molar-refractivity contribution < 1.29 is 28.4 Å². The summed E-state index contributed by atoms with van der Waals surface area (Å²) in [6.45, 7) is 4.55. The number of benzene rings is 5. The Morgan fingerprint density at radius 1 is 0.600 bits per heavy atom. The summed E-state index contributed by atoms with van der Waals surface area (Å²) in [7, 11) is 6.40. The molecule has 4 aliphatic heterocycles. The van der Waals surface area contributed by atoms with E-state index in [0.717, 1.165) is 38.6 Å². The zero-order valence-electron chi connectivity index (χ0n) is 44.7. The fraction of sp³-hybridized carbons (Fsp3) is 0.224. The van der Waals surface area contributed by atoms with E-state index in [0.29, 0.717) is 11.4 Å². The van der Waals surface area contributed by atoms with E-state index in [9.17, 15) is 38.8 Å². The van der Waals surface area contributed by atoms with Crippen molar-refractivity contribution in [2.24, 2.45) is 5.73 Å². The lowest BCUT2D eigenvalue weighted by Gasteiger charge is -2.41. The van der Waals surface area contributed by atoms with Crippen LogP contribution in [0.5, 0.6) is 0 Å². The summed E-state index contributed by atoms with van der Waals surface area (Å²) in [4.78, 5) is 71.2. The van der Waals surface area contributed by atoms with Gasteiger partial charge in [0, 0.05) is 116 Å². The maximum Gasteiger partial charge on any atom is 0.270 e. The average molecular weight is 1150 g/mol. The summed E-state index contributed by atoms with van der Waals surface area (Å²) in [5, 5.41) is 24.9. The van der Waals surface area contributed by atoms with Crippen molar-refractivity contribution in [3.05, 3.63) is 195 Å². The molecule has 0 saturated heterocycles. The molecule has 0 fully saturated rings. The van der Waals surface area contributed by atoms with Gasteiger partial charge in [-0.1, -0.05) is 54.3 Å². The Bertz CT molecular complexity index is 3470. The number of nitro groups is 2. The normalized spacial score (nSPS) is 21.8. The van der Waals surface area contributed by atoms with Crippen LogP contribution in [0.1, 0.15) is 20.8 Å². The van der Waals surface area contributed by atoms with Gasteiger partial charge in [0.2, 0.25) is 17.7 Å². The molecule has 5 N–H and O–H groups in total. The van der Waals surface area contributed by atoms with Crippen molar-refractivity contribution in [1.82, 2.24) is 4.90 Å². The van der Waals surface area contributed by atoms with Crippen LogP contribution in [-0.2, 0) is 25.2 Å². The number of non-ortho nitro benzene ring substituents is 1. The summed E-state index contributed by atoms with van der Waals surface area (Å²) in [5.41, 5.74) is 19.6. The van der Waals surface area contributed by atoms with Gasteiger partial charge < -0.3 is 41.3 Å². The first kappa shape index (κ1) is 56.7. The third-order valence-corrected chi connectivity index (χ3v) is 19.1. The number of nitrogens with zero attached hydrogens (tertiary/aromatic N) is 7. The number of para-hydroxylation sites is 2. The van der Waals surface area contributed by atoms with Crippen LogP contribution in [0, 0.1) is 20.2 Å². The van der Waals surface area contributed by atoms with E-state index in [1.165, 1.54) is 69.0 Å². The third-order valence-electron chi connectivity index (χ3n) is 13.7. The molecule has 0 aromatic heterocycles. The lowest BCUT2D eigenvalue weighted by Crippen LogP contribution is -2.51. The van der Waals surface area contributed by atoms with E-state index in [2.05, 4.69) is 100 Å². The number of nitrogens with two attached hydrogens (primary N) is 2. The highest BCUT2D eigenvalue weighted by molar-refractivity contribution is 8.00. The molecule has 412 valence electrons. The summed E-state index contributed by atoms with van der Waals surface area (Å²) in [5.74, 6) is -0.232. The van der Waals surface area contributed by atoms with Crippen molar-refractivity contribution in [1.29, 1.82) is 0 Å². The molecule has 5 aromatic carbocycles. The zero-order chi connectivity index (χ0) is 57.3. The SMILES string of the molecule is CC(=O)N1c2ccc(N(C)C)cc2SC2C=C(N(C)C)C=CC21.CC(=O)N1c2ccc(N)cc2SC2C=C(N)C=CC21.CC(=O)N1c2ccc([N+](=O)[O-])cc2S(=O)C2C=C([N+](=O)[O-])C=CC21.c1ccc2c(c1)Nc1ccccc1S2. The van der Waals surface area contributed by atoms with Gasteiger partial charge in [0.05, 0.1) is 87.9 Å². The van der Waals surface area contributed by atoms with Gasteiger partial charge in [-0.25, -0.2) is 0 Å². The smallest absolute Gasteiger partial charge is 0.270 e. The first-order valence-electron chi connectivity index (χ1n) is 25.2. The monoisotopic (exact) mass is 1150 g/mol. The fourth-order valence-electron chi connectivity index (χ4n) is 9.95. The standard InChI is InChI=1S/C18H23N3OS.C14H11N3O6S.C14H15N3OS.C12H9NS/c1-12(22)21-15-8-6-13(19(2)3)10-17(15)23-18-11-14(20(4)5)7-9-16(18)21;1-8(18)15-11-4-2-9(16(19)20)6-13(11)24(23)14-7-10(17(21)22)3-5-12(14)15;1-8(18)17-11-4-2-9(15)6-13(11)19-14-7-10(16)3-5-12(14)17;1-3-7-11-9(5-1)13-10-6-2-4-8-12(10)14-11/h6-11,15,17H,1-5H3;2-7,11,13H,1H3;2-7,11,13H,15-16H2,1H3;1-8,13H. The van der Waals surface area contributed by atoms with Gasteiger partial charge in [-0.2, -0.15) is 0 Å². The Morgan fingerprint density at radius 3 is 1.71 bits per heavy atom. The molecule has 5 aromatic rings. The molecule has 3 amide bonds. The molecule has 22 heteroatoms. The van der Waals surface area contributed by atoms with Gasteiger partial charge in [-0.3, -0.25) is 38.8 Å². The fourth-order valence-corrected chi connectivity index (χ4v) is 15.3. The van der Waals surface area contributed by atoms with Gasteiger partial charge in [-0.05, 0) is 91.0 Å². The second-order valence-corrected chi connectivity index (χ2v) is 24.6. The Hall–Kier alpha value is -8.05. The first-order chi connectivity index (χ1) is 38.2. The molecular formula is C58H58N10O8S4. The van der Waals surface area contributed by atoms with Crippen molar-refractivity contribution >= 4 is 109 Å². The van der Waals surface area contributed by atoms with Crippen LogP contribution < -0.4 is 36.4 Å². The van der Waals surface area contributed by atoms with Crippen LogP contribution in [0.25, 0.3) is 0 Å². The number of carbonyl (C=O) groups is 3. The van der Waals surface area contributed by atoms with E-state index >= 15 is 0 Å². The summed E-state index contributed by atoms with van der Waals surface area (Å²) in [6.07, 6.45) is 16.3. The van der Waals surface area contributed by atoms with Gasteiger partial charge in [0.15, 0.2) is 0 Å². The maximum atomic E-state index is 12.8. The number of nitrogen functional groups attached to an aromatic ring is 1. The van der Waals surface area contributed by atoms with Gasteiger partial charge >= 0.3 is 0 Å². The van der Waals surface area contributed by atoms with E-state index in [1.807, 2.05) is 97.9 Å². The van der Waals surface area contributed by atoms with Crippen LogP contribution in [-0.4, -0.2) is 98.7 Å². The van der Waals surface area contributed by atoms with Crippen molar-refractivity contribution in [2.75, 3.05) is 58.8 Å². The summed E-state index contributed by atoms with van der Waals surface area (Å²) >= 11 is 5.36. The predicted molar refractivity (Wildman–Crippen MR) is 322 cm³/mol. The number of amides is 3. The Kier molecular flexibility index (Phi) is 16.8. The molecule has 0 radical (unpaired) electrons. The molecule has 4 heterocycles. The molecule has 12 rings (SSSR count). The Balaban J connectivity index is 0.000000131. The molecule has 80 heavy (non-hydrogen) atoms. The number of fused-ring (bicyclic) bond motifs is 8. The van der Waals surface area contributed by atoms with Gasteiger partial charge in [0.1, 0.15) is 0 Å². The first-order valence-corrected chi connectivity index (χ1v) is 29.0. The third kappa shape index (κ3) is 11.8. The maximum absolute atomic E-state index is 12.8. The quantitative estimate of drug-likeness (QED) is 0.0846. The highest BCUT2D eigenvalue weighted by Gasteiger charge is 2.43. The van der Waals surface area contributed by atoms with Crippen LogP contribution in [0.3, 0.4) is 0 Å². The van der Waals surface area contributed by atoms with Crippen molar-refractivity contribution in [3.63, 3.8) is 0 Å². The minimum absolute atomic E-state index is 0.0194. The second-order valence-electron chi connectivity index (χ2n) is 19.5. The number of allylic oxidation sites excluding steroid dienone is 3. The molecule has 18 nitrogen and oxygen atoms in total. The summed E-state index contributed by atoms with van der Waals surface area (Å²) < 4.78 is 12.8. The van der Waals surface area contributed by atoms with Gasteiger partial charge in [-0.15, -0.1) is 23.5 Å². The van der Waals surface area contributed by atoms with E-state index in [4.69, 9.17) is 11.5 Å². The topological polar surface area (TPSA) is 235 Å². The average Bonchev–Trinajstić information content (AvgIpc) is 3.51. The van der Waals surface area contributed by atoms with Gasteiger partial charge in [0.25, 0.3) is 11.4 Å². The van der Waals surface area contributed by atoms with E-state index < -0.39 is 31.9 Å². The number of hydrogen-bond acceptors (Lipinski definition) is 16. The number of likely N-dealkylation sites (N-methyl/N-ethyl adjacent to an activating group) is 1. The number of hydrogen-bond donors (Lipinski definition) is 3. The largest absolute Gasteiger partial charge is 0.399 e. The molecule has 7 aliphatic rings. The zero-order valence-corrected chi connectivity index (χ0v) is 47.9. The minimum atomic E-state index is -1.76. The molecule has 3 aliphatic carbocycles. The summed E-state index contributed by atoms with van der Waals surface area (Å²) in [6, 6.07) is 31.9. The molecule has 0 saturated carbocycles. The molecule has 7 unspecified atom stereocenters. The number of carbonyl (C=O) groups excluding carboxylic acids is 3. The lowest BCUT2D eigenvalue weighted by molar-refractivity contribution is -0.419. The second kappa shape index (κ2) is 23.7. The predicted octanol–water partition coefficient (Wildman–Crippen LogP) is 10.3. The molecule has 0 spiro atoms. The Labute approximate surface area is 478 Å². The minimum Gasteiger partial charge on any atom is -0.399 e. The van der Waals surface area contributed by atoms with E-state index in [1.54, 1.807) is 25.6 Å². The number of anilines is 7. The number of nitro benzene ring substituents is 1. The van der Waals surface area contributed by atoms with Crippen LogP contribution in [0.15, 0.2) is 199 Å². The number of rotatable bonds is 4. The molecule has 0 bridgehead atoms. The molecular weight excluding hydrogens is 1090 g/mol.